The van der Waals surface area contributed by atoms with Crippen molar-refractivity contribution in [3.05, 3.63) is 82.9 Å². The summed E-state index contributed by atoms with van der Waals surface area (Å²) in [5.41, 5.74) is 2.49. The Kier molecular flexibility index (Phi) is 5.93. The van der Waals surface area contributed by atoms with Crippen molar-refractivity contribution in [2.45, 2.75) is 36.2 Å². The lowest BCUT2D eigenvalue weighted by Crippen LogP contribution is -2.52. The number of hydrogen-bond acceptors (Lipinski definition) is 6. The molecule has 2 aromatic carbocycles. The number of nitrogens with one attached hydrogen (secondary N) is 1. The van der Waals surface area contributed by atoms with Crippen LogP contribution in [0, 0.1) is 0 Å². The molecule has 0 radical (unpaired) electrons. The number of ether oxygens (including phenoxy) is 1. The zero-order chi connectivity index (χ0) is 23.9. The topological polar surface area (TPSA) is 88.9 Å². The molecule has 3 heterocycles. The Balaban J connectivity index is 1.45. The van der Waals surface area contributed by atoms with Crippen LogP contribution in [0.2, 0.25) is 0 Å². The van der Waals surface area contributed by atoms with Crippen LogP contribution in [0.4, 0.5) is 0 Å². The molecule has 1 aliphatic rings. The summed E-state index contributed by atoms with van der Waals surface area (Å²) in [6, 6.07) is 17.0. The maximum atomic E-state index is 13.5. The van der Waals surface area contributed by atoms with Crippen LogP contribution in [0.15, 0.2) is 74.7 Å². The van der Waals surface area contributed by atoms with E-state index in [1.54, 1.807) is 24.6 Å². The average Bonchev–Trinajstić information content (AvgIpc) is 3.53. The van der Waals surface area contributed by atoms with Crippen molar-refractivity contribution in [2.24, 2.45) is 0 Å². The number of thiophene rings is 1. The van der Waals surface area contributed by atoms with Crippen molar-refractivity contribution in [1.29, 1.82) is 0 Å². The molecule has 0 saturated carbocycles. The summed E-state index contributed by atoms with van der Waals surface area (Å²) in [7, 11) is -2.26. The van der Waals surface area contributed by atoms with E-state index in [1.165, 1.54) is 4.31 Å². The van der Waals surface area contributed by atoms with Gasteiger partial charge >= 0.3 is 0 Å². The summed E-state index contributed by atoms with van der Waals surface area (Å²) in [5.74, 6) is 0.811. The maximum Gasteiger partial charge on any atom is 0.253 e. The third-order valence-corrected chi connectivity index (χ3v) is 9.33. The van der Waals surface area contributed by atoms with Gasteiger partial charge in [-0.2, -0.15) is 4.31 Å². The van der Waals surface area contributed by atoms with Crippen LogP contribution in [0.5, 0.6) is 5.75 Å². The van der Waals surface area contributed by atoms with Gasteiger partial charge in [-0.25, -0.2) is 8.42 Å². The molecule has 1 N–H and O–H groups in total. The fourth-order valence-electron chi connectivity index (χ4n) is 4.31. The van der Waals surface area contributed by atoms with E-state index >= 15 is 0 Å². The number of fused-ring (bicyclic) bond motifs is 2. The first-order valence-corrected chi connectivity index (χ1v) is 13.2. The quantitative estimate of drug-likeness (QED) is 0.425. The molecule has 0 saturated heterocycles. The second-order valence-electron chi connectivity index (χ2n) is 8.23. The van der Waals surface area contributed by atoms with Crippen molar-refractivity contribution in [3.63, 3.8) is 0 Å². The predicted molar refractivity (Wildman–Crippen MR) is 130 cm³/mol. The summed E-state index contributed by atoms with van der Waals surface area (Å²) in [4.78, 5) is 13.5. The molecule has 176 valence electrons. The van der Waals surface area contributed by atoms with Gasteiger partial charge in [-0.3, -0.25) is 4.79 Å². The SMILES string of the molecule is COc1cccc2cc(C(C)NC(=O)[C@@H]3Cc4ccccc4CN3S(=O)(=O)c3cccs3)oc12. The highest BCUT2D eigenvalue weighted by atomic mass is 32.2. The number of methoxy groups -OCH3 is 1. The number of benzene rings is 2. The molecule has 34 heavy (non-hydrogen) atoms. The highest BCUT2D eigenvalue weighted by molar-refractivity contribution is 7.91. The van der Waals surface area contributed by atoms with Crippen LogP contribution >= 0.6 is 11.3 Å². The van der Waals surface area contributed by atoms with Crippen LogP contribution in [-0.2, 0) is 27.8 Å². The predicted octanol–water partition coefficient (Wildman–Crippen LogP) is 4.50. The van der Waals surface area contributed by atoms with E-state index in [2.05, 4.69) is 5.32 Å². The van der Waals surface area contributed by atoms with E-state index in [0.717, 1.165) is 27.8 Å². The van der Waals surface area contributed by atoms with Crippen LogP contribution in [0.1, 0.15) is 29.9 Å². The van der Waals surface area contributed by atoms with Crippen molar-refractivity contribution in [3.8, 4) is 5.75 Å². The first kappa shape index (κ1) is 22.6. The summed E-state index contributed by atoms with van der Waals surface area (Å²) in [6.07, 6.45) is 0.299. The first-order chi connectivity index (χ1) is 16.4. The van der Waals surface area contributed by atoms with Crippen LogP contribution in [0.25, 0.3) is 11.0 Å². The van der Waals surface area contributed by atoms with Gasteiger partial charge in [0.05, 0.1) is 13.2 Å². The second kappa shape index (κ2) is 8.90. The smallest absolute Gasteiger partial charge is 0.253 e. The summed E-state index contributed by atoms with van der Waals surface area (Å²) in [6.45, 7) is 1.96. The van der Waals surface area contributed by atoms with Crippen molar-refractivity contribution >= 4 is 38.2 Å². The third-order valence-electron chi connectivity index (χ3n) is 6.10. The molecule has 2 aromatic heterocycles. The lowest BCUT2D eigenvalue weighted by Gasteiger charge is -2.35. The number of nitrogens with zero attached hydrogens (tertiary/aromatic N) is 1. The van der Waals surface area contributed by atoms with Crippen molar-refractivity contribution in [2.75, 3.05) is 7.11 Å². The molecule has 0 spiro atoms. The normalized spacial score (nSPS) is 17.3. The first-order valence-electron chi connectivity index (χ1n) is 10.9. The van der Waals surface area contributed by atoms with E-state index in [1.807, 2.05) is 55.5 Å². The summed E-state index contributed by atoms with van der Waals surface area (Å²) in [5, 5.41) is 5.55. The molecule has 0 fully saturated rings. The molecule has 5 rings (SSSR count). The zero-order valence-electron chi connectivity index (χ0n) is 18.7. The Morgan fingerprint density at radius 2 is 1.94 bits per heavy atom. The minimum Gasteiger partial charge on any atom is -0.493 e. The van der Waals surface area contributed by atoms with Gasteiger partial charge in [0.2, 0.25) is 5.91 Å². The van der Waals surface area contributed by atoms with E-state index in [0.29, 0.717) is 23.5 Å². The van der Waals surface area contributed by atoms with E-state index in [-0.39, 0.29) is 16.7 Å². The highest BCUT2D eigenvalue weighted by Crippen LogP contribution is 2.33. The van der Waals surface area contributed by atoms with Gasteiger partial charge < -0.3 is 14.5 Å². The zero-order valence-corrected chi connectivity index (χ0v) is 20.4. The molecule has 9 heteroatoms. The van der Waals surface area contributed by atoms with E-state index in [9.17, 15) is 13.2 Å². The van der Waals surface area contributed by atoms with Crippen LogP contribution in [-0.4, -0.2) is 31.8 Å². The van der Waals surface area contributed by atoms with Gasteiger partial charge in [0, 0.05) is 11.9 Å². The Hall–Kier alpha value is -3.14. The van der Waals surface area contributed by atoms with Crippen LogP contribution < -0.4 is 10.1 Å². The Morgan fingerprint density at radius 1 is 1.15 bits per heavy atom. The van der Waals surface area contributed by atoms with E-state index < -0.39 is 22.1 Å². The molecule has 4 aromatic rings. The van der Waals surface area contributed by atoms with Gasteiger partial charge in [0.15, 0.2) is 11.3 Å². The van der Waals surface area contributed by atoms with E-state index in [4.69, 9.17) is 9.15 Å². The number of amides is 1. The van der Waals surface area contributed by atoms with Crippen molar-refractivity contribution in [1.82, 2.24) is 9.62 Å². The van der Waals surface area contributed by atoms with Crippen LogP contribution in [0.3, 0.4) is 0 Å². The fourth-order valence-corrected chi connectivity index (χ4v) is 7.00. The standard InChI is InChI=1S/C25H24N2O5S2/c1-16(22-14-18-9-5-10-21(31-2)24(18)32-22)26-25(28)20-13-17-7-3-4-8-19(17)15-27(20)34(29,30)23-11-6-12-33-23/h3-12,14,16,20H,13,15H2,1-2H3,(H,26,28)/t16?,20-/m0/s1. The fraction of sp³-hybridized carbons (Fsp3) is 0.240. The minimum absolute atomic E-state index is 0.144. The van der Waals surface area contributed by atoms with Gasteiger partial charge in [-0.05, 0) is 48.1 Å². The van der Waals surface area contributed by atoms with Gasteiger partial charge in [0.1, 0.15) is 16.0 Å². The molecule has 1 amide bonds. The second-order valence-corrected chi connectivity index (χ2v) is 11.3. The molecular weight excluding hydrogens is 472 g/mol. The molecule has 7 nitrogen and oxygen atoms in total. The van der Waals surface area contributed by atoms with Gasteiger partial charge in [-0.1, -0.05) is 42.5 Å². The Bertz CT molecular complexity index is 1440. The minimum atomic E-state index is -3.83. The number of rotatable bonds is 6. The van der Waals surface area contributed by atoms with Crippen molar-refractivity contribution < 1.29 is 22.4 Å². The Morgan fingerprint density at radius 3 is 2.68 bits per heavy atom. The molecule has 1 aliphatic heterocycles. The third kappa shape index (κ3) is 4.00. The number of hydrogen-bond donors (Lipinski definition) is 1. The molecule has 0 bridgehead atoms. The number of sulfonamides is 1. The molecule has 2 atom stereocenters. The Labute approximate surface area is 202 Å². The van der Waals surface area contributed by atoms with Gasteiger partial charge in [0.25, 0.3) is 10.0 Å². The number of carbonyl (C=O) groups excluding carboxylic acids is 1. The molecule has 0 aliphatic carbocycles. The monoisotopic (exact) mass is 496 g/mol. The number of furan rings is 1. The van der Waals surface area contributed by atoms with Gasteiger partial charge in [-0.15, -0.1) is 11.3 Å². The summed E-state index contributed by atoms with van der Waals surface area (Å²) < 4.78 is 39.8. The molecular formula is C25H24N2O5S2. The largest absolute Gasteiger partial charge is 0.493 e. The number of carbonyl (C=O) groups is 1. The lowest BCUT2D eigenvalue weighted by atomic mass is 9.95. The summed E-state index contributed by atoms with van der Waals surface area (Å²) >= 11 is 1.15. The highest BCUT2D eigenvalue weighted by Gasteiger charge is 2.40. The number of para-hydroxylation sites is 1. The maximum absolute atomic E-state index is 13.5. The molecule has 1 unspecified atom stereocenters. The lowest BCUT2D eigenvalue weighted by molar-refractivity contribution is -0.126. The average molecular weight is 497 g/mol.